The topological polar surface area (TPSA) is 22.1 Å². The van der Waals surface area contributed by atoms with Crippen molar-refractivity contribution in [1.82, 2.24) is 4.98 Å². The maximum atomic E-state index is 6.09. The van der Waals surface area contributed by atoms with E-state index in [0.717, 1.165) is 20.1 Å². The molecule has 2 rings (SSSR count). The fourth-order valence-corrected chi connectivity index (χ4v) is 2.15. The Morgan fingerprint density at radius 3 is 2.79 bits per heavy atom. The van der Waals surface area contributed by atoms with Gasteiger partial charge in [-0.3, -0.25) is 4.98 Å². The number of hydrogen-bond acceptors (Lipinski definition) is 2. The number of halogens is 2. The number of nitrogens with zero attached hydrogens (tertiary/aromatic N) is 1. The number of methoxy groups -OCH3 is 1. The first-order valence-electron chi connectivity index (χ1n) is 3.99. The molecule has 1 aromatic heterocycles. The van der Waals surface area contributed by atoms with Crippen molar-refractivity contribution in [2.75, 3.05) is 7.11 Å². The van der Waals surface area contributed by atoms with Crippen LogP contribution in [0.2, 0.25) is 5.02 Å². The van der Waals surface area contributed by atoms with Gasteiger partial charge in [0.05, 0.1) is 12.1 Å². The summed E-state index contributed by atoms with van der Waals surface area (Å²) in [6.07, 6.45) is 3.57. The first-order valence-corrected chi connectivity index (χ1v) is 5.45. The molecular weight excluding hydrogens is 312 g/mol. The zero-order chi connectivity index (χ0) is 10.1. The molecule has 0 atom stereocenters. The van der Waals surface area contributed by atoms with Crippen molar-refractivity contribution in [2.24, 2.45) is 0 Å². The molecule has 14 heavy (non-hydrogen) atoms. The number of fused-ring (bicyclic) bond motifs is 1. The number of rotatable bonds is 1. The lowest BCUT2D eigenvalue weighted by molar-refractivity contribution is 0.415. The van der Waals surface area contributed by atoms with Crippen LogP contribution in [0, 0.1) is 3.57 Å². The van der Waals surface area contributed by atoms with Gasteiger partial charge in [-0.2, -0.15) is 0 Å². The van der Waals surface area contributed by atoms with E-state index in [9.17, 15) is 0 Å². The van der Waals surface area contributed by atoms with Crippen molar-refractivity contribution in [2.45, 2.75) is 0 Å². The van der Waals surface area contributed by atoms with Gasteiger partial charge in [0.15, 0.2) is 0 Å². The summed E-state index contributed by atoms with van der Waals surface area (Å²) < 4.78 is 6.22. The van der Waals surface area contributed by atoms with Crippen LogP contribution in [0.4, 0.5) is 0 Å². The van der Waals surface area contributed by atoms with E-state index >= 15 is 0 Å². The fourth-order valence-electron chi connectivity index (χ4n) is 1.29. The van der Waals surface area contributed by atoms with Crippen LogP contribution in [-0.4, -0.2) is 12.1 Å². The van der Waals surface area contributed by atoms with Crippen LogP contribution >= 0.6 is 34.2 Å². The molecule has 1 aromatic carbocycles. The van der Waals surface area contributed by atoms with Crippen molar-refractivity contribution in [3.63, 3.8) is 0 Å². The lowest BCUT2D eigenvalue weighted by Crippen LogP contribution is -1.86. The summed E-state index contributed by atoms with van der Waals surface area (Å²) in [4.78, 5) is 4.10. The Kier molecular flexibility index (Phi) is 2.78. The second-order valence-corrected chi connectivity index (χ2v) is 4.40. The van der Waals surface area contributed by atoms with E-state index in [1.165, 1.54) is 0 Å². The summed E-state index contributed by atoms with van der Waals surface area (Å²) in [5, 5.41) is 2.70. The minimum Gasteiger partial charge on any atom is -0.497 e. The van der Waals surface area contributed by atoms with Gasteiger partial charge in [0.2, 0.25) is 0 Å². The lowest BCUT2D eigenvalue weighted by Gasteiger charge is -2.05. The van der Waals surface area contributed by atoms with Gasteiger partial charge < -0.3 is 4.74 Å². The first kappa shape index (κ1) is 9.98. The van der Waals surface area contributed by atoms with Crippen LogP contribution in [0.3, 0.4) is 0 Å². The van der Waals surface area contributed by atoms with E-state index in [2.05, 4.69) is 27.6 Å². The highest BCUT2D eigenvalue weighted by Crippen LogP contribution is 2.30. The Bertz CT molecular complexity index is 487. The predicted octanol–water partition coefficient (Wildman–Crippen LogP) is 3.50. The third-order valence-corrected chi connectivity index (χ3v) is 3.16. The van der Waals surface area contributed by atoms with Gasteiger partial charge >= 0.3 is 0 Å². The zero-order valence-corrected chi connectivity index (χ0v) is 10.3. The molecule has 0 unspecified atom stereocenters. The Labute approximate surface area is 100 Å². The highest BCUT2D eigenvalue weighted by molar-refractivity contribution is 14.1. The number of hydrogen-bond donors (Lipinski definition) is 0. The van der Waals surface area contributed by atoms with E-state index in [4.69, 9.17) is 16.3 Å². The van der Waals surface area contributed by atoms with Crippen LogP contribution < -0.4 is 4.74 Å². The third kappa shape index (κ3) is 1.66. The van der Waals surface area contributed by atoms with E-state index in [0.29, 0.717) is 5.02 Å². The minimum atomic E-state index is 0.672. The fraction of sp³-hybridized carbons (Fsp3) is 0.100. The van der Waals surface area contributed by atoms with Gasteiger partial charge in [0.1, 0.15) is 5.75 Å². The average Bonchev–Trinajstić information content (AvgIpc) is 2.19. The monoisotopic (exact) mass is 319 g/mol. The van der Waals surface area contributed by atoms with Crippen LogP contribution in [0.5, 0.6) is 5.75 Å². The molecule has 0 aliphatic heterocycles. The second kappa shape index (κ2) is 3.90. The molecule has 0 aliphatic rings. The minimum absolute atomic E-state index is 0.672. The summed E-state index contributed by atoms with van der Waals surface area (Å²) in [6.45, 7) is 0. The molecule has 0 saturated carbocycles. The summed E-state index contributed by atoms with van der Waals surface area (Å²) >= 11 is 8.32. The Morgan fingerprint density at radius 1 is 1.29 bits per heavy atom. The Hall–Kier alpha value is -0.550. The van der Waals surface area contributed by atoms with Gasteiger partial charge in [0, 0.05) is 26.7 Å². The number of ether oxygens (including phenoxy) is 1. The Morgan fingerprint density at radius 2 is 2.07 bits per heavy atom. The highest BCUT2D eigenvalue weighted by atomic mass is 127. The van der Waals surface area contributed by atoms with Crippen molar-refractivity contribution >= 4 is 45.0 Å². The molecule has 0 fully saturated rings. The molecule has 1 heterocycles. The summed E-state index contributed by atoms with van der Waals surface area (Å²) in [6, 6.07) is 3.76. The number of aromatic nitrogens is 1. The first-order chi connectivity index (χ1) is 6.72. The molecule has 2 aromatic rings. The molecular formula is C10H7ClINO. The molecule has 72 valence electrons. The van der Waals surface area contributed by atoms with Crippen molar-refractivity contribution in [3.05, 3.63) is 33.1 Å². The van der Waals surface area contributed by atoms with Gasteiger partial charge in [-0.1, -0.05) is 11.6 Å². The van der Waals surface area contributed by atoms with Crippen LogP contribution in [0.15, 0.2) is 24.5 Å². The highest BCUT2D eigenvalue weighted by Gasteiger charge is 2.05. The molecule has 0 spiro atoms. The Balaban J connectivity index is 2.83. The normalized spacial score (nSPS) is 10.5. The molecule has 0 bridgehead atoms. The predicted molar refractivity (Wildman–Crippen MR) is 66.0 cm³/mol. The number of pyridine rings is 1. The van der Waals surface area contributed by atoms with Crippen LogP contribution in [0.1, 0.15) is 0 Å². The molecule has 0 radical (unpaired) electrons. The quantitative estimate of drug-likeness (QED) is 0.751. The molecule has 0 saturated heterocycles. The maximum Gasteiger partial charge on any atom is 0.121 e. The SMILES string of the molecule is COc1cc(Cl)c2cncc(I)c2c1. The molecule has 0 N–H and O–H groups in total. The van der Waals surface area contributed by atoms with E-state index in [1.807, 2.05) is 6.07 Å². The largest absolute Gasteiger partial charge is 0.497 e. The smallest absolute Gasteiger partial charge is 0.121 e. The summed E-state index contributed by atoms with van der Waals surface area (Å²) in [5.74, 6) is 0.770. The second-order valence-electron chi connectivity index (χ2n) is 2.83. The summed E-state index contributed by atoms with van der Waals surface area (Å²) in [5.41, 5.74) is 0. The molecule has 4 heteroatoms. The van der Waals surface area contributed by atoms with E-state index < -0.39 is 0 Å². The van der Waals surface area contributed by atoms with Gasteiger partial charge in [-0.25, -0.2) is 0 Å². The zero-order valence-electron chi connectivity index (χ0n) is 7.42. The van der Waals surface area contributed by atoms with Gasteiger partial charge in [-0.05, 0) is 34.7 Å². The van der Waals surface area contributed by atoms with Crippen molar-refractivity contribution < 1.29 is 4.74 Å². The summed E-state index contributed by atoms with van der Waals surface area (Å²) in [7, 11) is 1.63. The lowest BCUT2D eigenvalue weighted by atomic mass is 10.2. The standard InChI is InChI=1S/C10H7ClINO/c1-14-6-2-7-8(9(11)3-6)4-13-5-10(7)12/h2-5H,1H3. The average molecular weight is 320 g/mol. The number of benzene rings is 1. The van der Waals surface area contributed by atoms with E-state index in [1.54, 1.807) is 25.6 Å². The van der Waals surface area contributed by atoms with Crippen LogP contribution in [0.25, 0.3) is 10.8 Å². The van der Waals surface area contributed by atoms with Crippen LogP contribution in [-0.2, 0) is 0 Å². The molecule has 0 amide bonds. The third-order valence-electron chi connectivity index (χ3n) is 1.99. The maximum absolute atomic E-state index is 6.09. The van der Waals surface area contributed by atoms with Crippen molar-refractivity contribution in [1.29, 1.82) is 0 Å². The van der Waals surface area contributed by atoms with Gasteiger partial charge in [-0.15, -0.1) is 0 Å². The van der Waals surface area contributed by atoms with Gasteiger partial charge in [0.25, 0.3) is 0 Å². The molecule has 0 aliphatic carbocycles. The van der Waals surface area contributed by atoms with Crippen molar-refractivity contribution in [3.8, 4) is 5.75 Å². The van der Waals surface area contributed by atoms with E-state index in [-0.39, 0.29) is 0 Å². The molecule has 2 nitrogen and oxygen atoms in total.